The first-order chi connectivity index (χ1) is 17.5. The number of benzene rings is 4. The lowest BCUT2D eigenvalue weighted by atomic mass is 9.83. The molecule has 174 valence electrons. The molecule has 3 nitrogen and oxygen atoms in total. The summed E-state index contributed by atoms with van der Waals surface area (Å²) in [6.45, 7) is 4.14. The molecule has 0 fully saturated rings. The molecule has 1 heterocycles. The van der Waals surface area contributed by atoms with Gasteiger partial charge in [-0.3, -0.25) is 9.59 Å². The highest BCUT2D eigenvalue weighted by atomic mass is 35.5. The van der Waals surface area contributed by atoms with E-state index in [-0.39, 0.29) is 11.6 Å². The average Bonchev–Trinajstić information content (AvgIpc) is 3.26. The van der Waals surface area contributed by atoms with Crippen LogP contribution >= 0.6 is 11.6 Å². The summed E-state index contributed by atoms with van der Waals surface area (Å²) in [5.74, 6) is -0.290. The summed E-state index contributed by atoms with van der Waals surface area (Å²) >= 11 is 6.23. The number of rotatable bonds is 3. The molecule has 1 aromatic heterocycles. The maximum Gasteiger partial charge on any atom is 0.196 e. The second-order valence-corrected chi connectivity index (χ2v) is 9.56. The Morgan fingerprint density at radius 1 is 0.583 bits per heavy atom. The van der Waals surface area contributed by atoms with E-state index in [9.17, 15) is 9.59 Å². The summed E-state index contributed by atoms with van der Waals surface area (Å²) in [6.07, 6.45) is 0. The summed E-state index contributed by atoms with van der Waals surface area (Å²) in [7, 11) is 0. The van der Waals surface area contributed by atoms with Gasteiger partial charge in [0.2, 0.25) is 0 Å². The Kier molecular flexibility index (Phi) is 5.24. The van der Waals surface area contributed by atoms with Gasteiger partial charge >= 0.3 is 0 Å². The van der Waals surface area contributed by atoms with Crippen molar-refractivity contribution in [2.24, 2.45) is 0 Å². The molecule has 0 unspecified atom stereocenters. The van der Waals surface area contributed by atoms with E-state index in [4.69, 9.17) is 11.6 Å². The van der Waals surface area contributed by atoms with Gasteiger partial charge in [-0.1, -0.05) is 84.4 Å². The lowest BCUT2D eigenvalue weighted by Gasteiger charge is -2.16. The van der Waals surface area contributed by atoms with Gasteiger partial charge < -0.3 is 4.57 Å². The molecule has 4 heteroatoms. The zero-order valence-electron chi connectivity index (χ0n) is 19.9. The lowest BCUT2D eigenvalue weighted by Crippen LogP contribution is -2.20. The van der Waals surface area contributed by atoms with Crippen molar-refractivity contribution in [3.05, 3.63) is 135 Å². The van der Waals surface area contributed by atoms with Crippen LogP contribution in [0.3, 0.4) is 0 Å². The van der Waals surface area contributed by atoms with Crippen LogP contribution in [0, 0.1) is 13.8 Å². The van der Waals surface area contributed by atoms with Gasteiger partial charge in [-0.2, -0.15) is 0 Å². The second-order valence-electron chi connectivity index (χ2n) is 9.13. The van der Waals surface area contributed by atoms with Crippen LogP contribution < -0.4 is 0 Å². The van der Waals surface area contributed by atoms with Crippen LogP contribution in [0.2, 0.25) is 5.02 Å². The second kappa shape index (κ2) is 8.47. The number of nitrogens with zero attached hydrogens (tertiary/aromatic N) is 1. The smallest absolute Gasteiger partial charge is 0.196 e. The van der Waals surface area contributed by atoms with E-state index in [1.165, 1.54) is 5.56 Å². The molecule has 0 saturated carbocycles. The van der Waals surface area contributed by atoms with Gasteiger partial charge in [-0.05, 0) is 60.4 Å². The zero-order chi connectivity index (χ0) is 25.0. The van der Waals surface area contributed by atoms with Crippen molar-refractivity contribution >= 4 is 23.2 Å². The number of hydrogen-bond acceptors (Lipinski definition) is 2. The van der Waals surface area contributed by atoms with Crippen molar-refractivity contribution in [2.75, 3.05) is 0 Å². The lowest BCUT2D eigenvalue weighted by molar-refractivity contribution is 0.0981. The molecule has 0 spiro atoms. The van der Waals surface area contributed by atoms with Crippen molar-refractivity contribution in [2.45, 2.75) is 13.8 Å². The van der Waals surface area contributed by atoms with Crippen LogP contribution in [0.25, 0.3) is 28.2 Å². The molecule has 0 saturated heterocycles. The molecule has 0 radical (unpaired) electrons. The Hall–Kier alpha value is -4.21. The van der Waals surface area contributed by atoms with Crippen LogP contribution in [0.1, 0.15) is 43.0 Å². The first-order valence-corrected chi connectivity index (χ1v) is 12.2. The molecule has 4 aromatic carbocycles. The molecule has 1 aliphatic carbocycles. The number of carbonyl (C=O) groups is 2. The molecule has 0 bridgehead atoms. The third-order valence-corrected chi connectivity index (χ3v) is 7.21. The van der Waals surface area contributed by atoms with Crippen LogP contribution in [0.5, 0.6) is 0 Å². The van der Waals surface area contributed by atoms with Gasteiger partial charge in [0.1, 0.15) is 0 Å². The summed E-state index contributed by atoms with van der Waals surface area (Å²) < 4.78 is 2.07. The minimum absolute atomic E-state index is 0.142. The van der Waals surface area contributed by atoms with Crippen LogP contribution in [0.15, 0.2) is 97.1 Å². The molecule has 0 aliphatic heterocycles. The first kappa shape index (κ1) is 22.3. The van der Waals surface area contributed by atoms with Crippen LogP contribution in [-0.4, -0.2) is 16.1 Å². The predicted molar refractivity (Wildman–Crippen MR) is 144 cm³/mol. The Balaban J connectivity index is 1.81. The predicted octanol–water partition coefficient (Wildman–Crippen LogP) is 7.86. The maximum absolute atomic E-state index is 14.1. The summed E-state index contributed by atoms with van der Waals surface area (Å²) in [4.78, 5) is 28.1. The van der Waals surface area contributed by atoms with Gasteiger partial charge in [0.15, 0.2) is 11.6 Å². The van der Waals surface area contributed by atoms with Crippen LogP contribution in [-0.2, 0) is 0 Å². The fourth-order valence-electron chi connectivity index (χ4n) is 5.04. The minimum Gasteiger partial charge on any atom is -0.308 e. The molecule has 0 N–H and O–H groups in total. The first-order valence-electron chi connectivity index (χ1n) is 11.8. The summed E-state index contributed by atoms with van der Waals surface area (Å²) in [5, 5.41) is 0.605. The zero-order valence-corrected chi connectivity index (χ0v) is 20.6. The maximum atomic E-state index is 14.1. The van der Waals surface area contributed by atoms with E-state index in [0.717, 1.165) is 22.4 Å². The number of aromatic nitrogens is 1. The number of hydrogen-bond donors (Lipinski definition) is 0. The highest BCUT2D eigenvalue weighted by molar-refractivity contribution is 6.33. The van der Waals surface area contributed by atoms with Gasteiger partial charge in [0, 0.05) is 21.8 Å². The van der Waals surface area contributed by atoms with Crippen LogP contribution in [0.4, 0.5) is 0 Å². The highest BCUT2D eigenvalue weighted by Crippen LogP contribution is 2.44. The topological polar surface area (TPSA) is 39.1 Å². The fourth-order valence-corrected chi connectivity index (χ4v) is 5.16. The average molecular weight is 488 g/mol. The van der Waals surface area contributed by atoms with Gasteiger partial charge in [0.25, 0.3) is 0 Å². The molecule has 6 rings (SSSR count). The molecular formula is C32H22ClNO2. The standard InChI is InChI=1S/C32H22ClNO2/c1-19-12-17-24(18-20(19)2)34-29(21-8-4-3-5-9-21)27-28(30(34)22-13-15-23(33)16-14-22)32(36)26-11-7-6-10-25(26)31(27)35/h3-18H,1-2H3. The molecule has 36 heavy (non-hydrogen) atoms. The fraction of sp³-hybridized carbons (Fsp3) is 0.0625. The van der Waals surface area contributed by atoms with Crippen molar-refractivity contribution in [3.8, 4) is 28.2 Å². The number of halogens is 1. The Labute approximate surface area is 214 Å². The van der Waals surface area contributed by atoms with E-state index in [0.29, 0.717) is 38.7 Å². The quantitative estimate of drug-likeness (QED) is 0.255. The van der Waals surface area contributed by atoms with E-state index in [2.05, 4.69) is 30.5 Å². The number of fused-ring (bicyclic) bond motifs is 2. The van der Waals surface area contributed by atoms with Crippen molar-refractivity contribution in [3.63, 3.8) is 0 Å². The highest BCUT2D eigenvalue weighted by Gasteiger charge is 2.39. The van der Waals surface area contributed by atoms with Gasteiger partial charge in [-0.15, -0.1) is 0 Å². The van der Waals surface area contributed by atoms with E-state index >= 15 is 0 Å². The number of aryl methyl sites for hydroxylation is 2. The SMILES string of the molecule is Cc1ccc(-n2c(-c3ccccc3)c3c(c2-c2ccc(Cl)cc2)C(=O)c2ccccc2C3=O)cc1C. The Bertz CT molecular complexity index is 1680. The summed E-state index contributed by atoms with van der Waals surface area (Å²) in [5.41, 5.74) is 8.01. The summed E-state index contributed by atoms with van der Waals surface area (Å²) in [6, 6.07) is 30.5. The normalized spacial score (nSPS) is 12.4. The molecule has 0 amide bonds. The third-order valence-electron chi connectivity index (χ3n) is 6.95. The molecule has 5 aromatic rings. The van der Waals surface area contributed by atoms with E-state index in [1.807, 2.05) is 60.7 Å². The number of carbonyl (C=O) groups excluding carboxylic acids is 2. The van der Waals surface area contributed by atoms with Gasteiger partial charge in [-0.25, -0.2) is 0 Å². The molecular weight excluding hydrogens is 466 g/mol. The van der Waals surface area contributed by atoms with Crippen molar-refractivity contribution in [1.29, 1.82) is 0 Å². The Morgan fingerprint density at radius 2 is 1.11 bits per heavy atom. The number of ketones is 2. The van der Waals surface area contributed by atoms with Crippen molar-refractivity contribution < 1.29 is 9.59 Å². The molecule has 1 aliphatic rings. The van der Waals surface area contributed by atoms with E-state index in [1.54, 1.807) is 24.3 Å². The largest absolute Gasteiger partial charge is 0.308 e. The van der Waals surface area contributed by atoms with E-state index < -0.39 is 0 Å². The van der Waals surface area contributed by atoms with Gasteiger partial charge in [0.05, 0.1) is 22.5 Å². The minimum atomic E-state index is -0.148. The monoisotopic (exact) mass is 487 g/mol. The van der Waals surface area contributed by atoms with Crippen molar-refractivity contribution in [1.82, 2.24) is 4.57 Å². The molecule has 0 atom stereocenters. The third kappa shape index (κ3) is 3.35. The Morgan fingerprint density at radius 3 is 1.67 bits per heavy atom.